The zero-order chi connectivity index (χ0) is 19.0. The van der Waals surface area contributed by atoms with Crippen LogP contribution in [0.3, 0.4) is 0 Å². The number of carbonyl (C=O) groups excluding carboxylic acids is 1. The maximum absolute atomic E-state index is 12.3. The molecule has 2 amide bonds. The number of amides is 2. The summed E-state index contributed by atoms with van der Waals surface area (Å²) in [7, 11) is 3.60. The predicted octanol–water partition coefficient (Wildman–Crippen LogP) is 3.35. The quantitative estimate of drug-likeness (QED) is 0.860. The zero-order valence-electron chi connectivity index (χ0n) is 16.7. The van der Waals surface area contributed by atoms with E-state index >= 15 is 0 Å². The van der Waals surface area contributed by atoms with Crippen molar-refractivity contribution < 1.29 is 9.90 Å². The van der Waals surface area contributed by atoms with E-state index in [1.807, 2.05) is 16.2 Å². The van der Waals surface area contributed by atoms with Crippen molar-refractivity contribution in [2.24, 2.45) is 5.92 Å². The van der Waals surface area contributed by atoms with Crippen molar-refractivity contribution in [2.75, 3.05) is 40.3 Å². The molecular weight excluding hydrogens is 358 g/mol. The van der Waals surface area contributed by atoms with Gasteiger partial charge in [0.15, 0.2) is 0 Å². The van der Waals surface area contributed by atoms with Crippen molar-refractivity contribution in [2.45, 2.75) is 56.6 Å². The van der Waals surface area contributed by atoms with E-state index in [-0.39, 0.29) is 11.9 Å². The second-order valence-electron chi connectivity index (χ2n) is 8.94. The van der Waals surface area contributed by atoms with Crippen LogP contribution < -0.4 is 0 Å². The Morgan fingerprint density at radius 1 is 1.22 bits per heavy atom. The van der Waals surface area contributed by atoms with Crippen molar-refractivity contribution in [1.82, 2.24) is 14.7 Å². The lowest BCUT2D eigenvalue weighted by atomic mass is 9.75. The molecule has 1 aliphatic carbocycles. The van der Waals surface area contributed by atoms with Crippen LogP contribution in [-0.2, 0) is 6.54 Å². The summed E-state index contributed by atoms with van der Waals surface area (Å²) in [6.07, 6.45) is 7.00. The van der Waals surface area contributed by atoms with Crippen LogP contribution in [0.5, 0.6) is 0 Å². The van der Waals surface area contributed by atoms with Crippen LogP contribution in [0.1, 0.15) is 54.2 Å². The van der Waals surface area contributed by atoms with E-state index in [2.05, 4.69) is 17.0 Å². The molecule has 0 bridgehead atoms. The standard InChI is InChI=1S/C21H33N3O2S/c1-22(2)20(25)24-12-10-21(26)9-11-23(13-17(21)14-24)15-18-7-8-19(27-18)16-5-3-4-6-16/h7-8,16-17,26H,3-6,9-15H2,1-2H3/t17-,21-/m1/s1. The third-order valence-electron chi connectivity index (χ3n) is 6.83. The SMILES string of the molecule is CN(C)C(=O)N1CC[C@]2(O)CCN(Cc3ccc(C4CCCC4)s3)C[C@@H]2C1. The zero-order valence-corrected chi connectivity index (χ0v) is 17.5. The van der Waals surface area contributed by atoms with Gasteiger partial charge in [-0.1, -0.05) is 12.8 Å². The highest BCUT2D eigenvalue weighted by Gasteiger charge is 2.46. The number of piperidine rings is 2. The molecule has 3 heterocycles. The first kappa shape index (κ1) is 19.2. The summed E-state index contributed by atoms with van der Waals surface area (Å²) < 4.78 is 0. The minimum absolute atomic E-state index is 0.0636. The summed E-state index contributed by atoms with van der Waals surface area (Å²) >= 11 is 1.99. The largest absolute Gasteiger partial charge is 0.389 e. The lowest BCUT2D eigenvalue weighted by Gasteiger charge is -2.50. The summed E-state index contributed by atoms with van der Waals surface area (Å²) in [6, 6.07) is 4.71. The number of fused-ring (bicyclic) bond motifs is 1. The van der Waals surface area contributed by atoms with Gasteiger partial charge in [-0.05, 0) is 43.7 Å². The maximum atomic E-state index is 12.3. The Hall–Kier alpha value is -1.11. The van der Waals surface area contributed by atoms with E-state index in [4.69, 9.17) is 0 Å². The van der Waals surface area contributed by atoms with E-state index in [0.29, 0.717) is 19.5 Å². The molecule has 5 nitrogen and oxygen atoms in total. The lowest BCUT2D eigenvalue weighted by molar-refractivity contribution is -0.108. The van der Waals surface area contributed by atoms with E-state index in [9.17, 15) is 9.90 Å². The Morgan fingerprint density at radius 2 is 1.96 bits per heavy atom. The highest BCUT2D eigenvalue weighted by molar-refractivity contribution is 7.12. The van der Waals surface area contributed by atoms with Crippen molar-refractivity contribution in [1.29, 1.82) is 0 Å². The van der Waals surface area contributed by atoms with Crippen molar-refractivity contribution in [3.8, 4) is 0 Å². The number of hydrogen-bond acceptors (Lipinski definition) is 4. The summed E-state index contributed by atoms with van der Waals surface area (Å²) in [4.78, 5) is 21.4. The van der Waals surface area contributed by atoms with Crippen LogP contribution in [0, 0.1) is 5.92 Å². The minimum atomic E-state index is -0.593. The number of thiophene rings is 1. The van der Waals surface area contributed by atoms with Gasteiger partial charge in [0.25, 0.3) is 0 Å². The monoisotopic (exact) mass is 391 g/mol. The number of urea groups is 1. The van der Waals surface area contributed by atoms with Gasteiger partial charge in [0.2, 0.25) is 0 Å². The Balaban J connectivity index is 1.38. The van der Waals surface area contributed by atoms with Gasteiger partial charge in [-0.3, -0.25) is 4.90 Å². The average Bonchev–Trinajstić information content (AvgIpc) is 3.32. The van der Waals surface area contributed by atoms with Gasteiger partial charge >= 0.3 is 6.03 Å². The summed E-state index contributed by atoms with van der Waals surface area (Å²) in [5.74, 6) is 0.942. The Morgan fingerprint density at radius 3 is 2.70 bits per heavy atom. The van der Waals surface area contributed by atoms with Gasteiger partial charge < -0.3 is 14.9 Å². The first-order valence-electron chi connectivity index (χ1n) is 10.4. The van der Waals surface area contributed by atoms with Crippen molar-refractivity contribution in [3.63, 3.8) is 0 Å². The third kappa shape index (κ3) is 4.03. The molecule has 2 atom stereocenters. The topological polar surface area (TPSA) is 47.0 Å². The number of nitrogens with zero attached hydrogens (tertiary/aromatic N) is 3. The fourth-order valence-corrected chi connectivity index (χ4v) is 6.33. The Labute approximate surface area is 166 Å². The molecule has 1 aromatic heterocycles. The molecule has 2 saturated heterocycles. The second-order valence-corrected chi connectivity index (χ2v) is 10.1. The maximum Gasteiger partial charge on any atom is 0.319 e. The predicted molar refractivity (Wildman–Crippen MR) is 109 cm³/mol. The fourth-order valence-electron chi connectivity index (χ4n) is 5.10. The first-order valence-corrected chi connectivity index (χ1v) is 11.3. The molecule has 27 heavy (non-hydrogen) atoms. The molecule has 3 fully saturated rings. The Bertz CT molecular complexity index is 670. The van der Waals surface area contributed by atoms with Crippen LogP contribution in [0.25, 0.3) is 0 Å². The van der Waals surface area contributed by atoms with Gasteiger partial charge in [-0.15, -0.1) is 11.3 Å². The van der Waals surface area contributed by atoms with Gasteiger partial charge in [-0.2, -0.15) is 0 Å². The number of rotatable bonds is 3. The fraction of sp³-hybridized carbons (Fsp3) is 0.762. The van der Waals surface area contributed by atoms with Crippen LogP contribution in [0.15, 0.2) is 12.1 Å². The van der Waals surface area contributed by atoms with Crippen molar-refractivity contribution in [3.05, 3.63) is 21.9 Å². The summed E-state index contributed by atoms with van der Waals surface area (Å²) in [6.45, 7) is 4.14. The van der Waals surface area contributed by atoms with Gasteiger partial charge in [-0.25, -0.2) is 4.79 Å². The normalized spacial score (nSPS) is 29.7. The minimum Gasteiger partial charge on any atom is -0.389 e. The molecule has 0 spiro atoms. The molecule has 4 rings (SSSR count). The average molecular weight is 392 g/mol. The molecule has 1 N–H and O–H groups in total. The van der Waals surface area contributed by atoms with E-state index < -0.39 is 5.60 Å². The molecule has 1 aromatic rings. The van der Waals surface area contributed by atoms with Crippen LogP contribution in [0.4, 0.5) is 4.79 Å². The first-order chi connectivity index (χ1) is 12.9. The molecule has 0 unspecified atom stereocenters. The summed E-state index contributed by atoms with van der Waals surface area (Å²) in [5.41, 5.74) is -0.593. The molecule has 1 saturated carbocycles. The molecule has 6 heteroatoms. The second kappa shape index (κ2) is 7.72. The number of hydrogen-bond donors (Lipinski definition) is 1. The highest BCUT2D eigenvalue weighted by atomic mass is 32.1. The highest BCUT2D eigenvalue weighted by Crippen LogP contribution is 2.39. The Kier molecular flexibility index (Phi) is 5.50. The van der Waals surface area contributed by atoms with E-state index in [0.717, 1.165) is 32.0 Å². The van der Waals surface area contributed by atoms with Crippen molar-refractivity contribution >= 4 is 17.4 Å². The van der Waals surface area contributed by atoms with Gasteiger partial charge in [0.05, 0.1) is 5.60 Å². The van der Waals surface area contributed by atoms with E-state index in [1.54, 1.807) is 23.9 Å². The molecule has 0 radical (unpaired) electrons. The lowest BCUT2D eigenvalue weighted by Crippen LogP contribution is -2.61. The van der Waals surface area contributed by atoms with Gasteiger partial charge in [0, 0.05) is 62.5 Å². The van der Waals surface area contributed by atoms with Crippen LogP contribution in [-0.4, -0.2) is 71.7 Å². The number of likely N-dealkylation sites (tertiary alicyclic amines) is 2. The smallest absolute Gasteiger partial charge is 0.319 e. The molecule has 2 aliphatic heterocycles. The number of carbonyl (C=O) groups is 1. The van der Waals surface area contributed by atoms with E-state index in [1.165, 1.54) is 30.6 Å². The summed E-state index contributed by atoms with van der Waals surface area (Å²) in [5, 5.41) is 11.1. The molecular formula is C21H33N3O2S. The van der Waals surface area contributed by atoms with Crippen LogP contribution in [0.2, 0.25) is 0 Å². The molecule has 0 aromatic carbocycles. The third-order valence-corrected chi connectivity index (χ3v) is 8.06. The number of aliphatic hydroxyl groups is 1. The van der Waals surface area contributed by atoms with Gasteiger partial charge in [0.1, 0.15) is 0 Å². The van der Waals surface area contributed by atoms with Crippen LogP contribution >= 0.6 is 11.3 Å². The molecule has 150 valence electrons. The molecule has 3 aliphatic rings.